The summed E-state index contributed by atoms with van der Waals surface area (Å²) in [5.41, 5.74) is 4.00. The molecule has 0 radical (unpaired) electrons. The molecule has 102 valence electrons. The summed E-state index contributed by atoms with van der Waals surface area (Å²) in [5.74, 6) is 0.937. The Kier molecular flexibility index (Phi) is 3.87. The highest BCUT2D eigenvalue weighted by Gasteiger charge is 2.07. The molecule has 3 rings (SSSR count). The van der Waals surface area contributed by atoms with Crippen LogP contribution in [0.25, 0.3) is 11.5 Å². The van der Waals surface area contributed by atoms with Crippen LogP contribution in [0.2, 0.25) is 0 Å². The molecule has 3 aromatic rings. The van der Waals surface area contributed by atoms with Gasteiger partial charge in [-0.05, 0) is 31.9 Å². The molecule has 0 fully saturated rings. The maximum Gasteiger partial charge on any atom is 0.158 e. The van der Waals surface area contributed by atoms with Crippen molar-refractivity contribution in [1.29, 1.82) is 0 Å². The van der Waals surface area contributed by atoms with Crippen LogP contribution in [0.4, 0.5) is 0 Å². The fourth-order valence-corrected chi connectivity index (χ4v) is 3.02. The first kappa shape index (κ1) is 13.0. The first-order valence-corrected chi connectivity index (χ1v) is 7.54. The molecule has 0 spiro atoms. The number of pyridine rings is 1. The van der Waals surface area contributed by atoms with E-state index in [9.17, 15) is 0 Å². The Labute approximate surface area is 122 Å². The van der Waals surface area contributed by atoms with Gasteiger partial charge in [0.15, 0.2) is 5.82 Å². The third-order valence-electron chi connectivity index (χ3n) is 3.26. The zero-order chi connectivity index (χ0) is 13.8. The third kappa shape index (κ3) is 2.77. The van der Waals surface area contributed by atoms with Crippen LogP contribution >= 0.6 is 11.3 Å². The molecule has 3 heterocycles. The van der Waals surface area contributed by atoms with E-state index in [1.807, 2.05) is 36.1 Å². The Morgan fingerprint density at radius 1 is 1.15 bits per heavy atom. The van der Waals surface area contributed by atoms with E-state index in [2.05, 4.69) is 26.4 Å². The summed E-state index contributed by atoms with van der Waals surface area (Å²) in [7, 11) is 0. The van der Waals surface area contributed by atoms with Gasteiger partial charge in [-0.15, -0.1) is 11.3 Å². The van der Waals surface area contributed by atoms with Crippen molar-refractivity contribution in [2.45, 2.75) is 26.3 Å². The minimum Gasteiger partial charge on any atom is -0.330 e. The number of rotatable bonds is 5. The van der Waals surface area contributed by atoms with Gasteiger partial charge in [0.05, 0.1) is 11.2 Å². The Balaban J connectivity index is 1.67. The normalized spacial score (nSPS) is 10.8. The predicted octanol–water partition coefficient (Wildman–Crippen LogP) is 3.34. The number of aromatic nitrogens is 4. The van der Waals surface area contributed by atoms with E-state index in [0.717, 1.165) is 36.6 Å². The average molecular weight is 284 g/mol. The van der Waals surface area contributed by atoms with E-state index in [1.54, 1.807) is 17.5 Å². The zero-order valence-corrected chi connectivity index (χ0v) is 12.2. The Morgan fingerprint density at radius 3 is 2.85 bits per heavy atom. The SMILES string of the molecule is Cc1ncsc1CCCn1ccnc1-c1ccccn1. The molecule has 0 saturated heterocycles. The molecule has 4 nitrogen and oxygen atoms in total. The molecule has 5 heteroatoms. The van der Waals surface area contributed by atoms with Crippen LogP contribution in [-0.2, 0) is 13.0 Å². The van der Waals surface area contributed by atoms with Gasteiger partial charge in [0.2, 0.25) is 0 Å². The van der Waals surface area contributed by atoms with Gasteiger partial charge < -0.3 is 4.57 Å². The van der Waals surface area contributed by atoms with E-state index in [0.29, 0.717) is 0 Å². The second kappa shape index (κ2) is 5.96. The first-order chi connectivity index (χ1) is 9.84. The van der Waals surface area contributed by atoms with Crippen molar-refractivity contribution >= 4 is 11.3 Å². The van der Waals surface area contributed by atoms with Crippen LogP contribution < -0.4 is 0 Å². The second-order valence-corrected chi connectivity index (χ2v) is 5.56. The molecule has 0 unspecified atom stereocenters. The maximum absolute atomic E-state index is 4.41. The fraction of sp³-hybridized carbons (Fsp3) is 0.267. The van der Waals surface area contributed by atoms with Gasteiger partial charge >= 0.3 is 0 Å². The number of nitrogens with zero attached hydrogens (tertiary/aromatic N) is 4. The lowest BCUT2D eigenvalue weighted by Gasteiger charge is -2.07. The Hall–Kier alpha value is -2.01. The number of hydrogen-bond acceptors (Lipinski definition) is 4. The van der Waals surface area contributed by atoms with Gasteiger partial charge in [-0.2, -0.15) is 0 Å². The van der Waals surface area contributed by atoms with Gasteiger partial charge in [0.1, 0.15) is 5.69 Å². The summed E-state index contributed by atoms with van der Waals surface area (Å²) >= 11 is 1.74. The summed E-state index contributed by atoms with van der Waals surface area (Å²) in [5, 5.41) is 0. The van der Waals surface area contributed by atoms with Crippen LogP contribution in [0.3, 0.4) is 0 Å². The van der Waals surface area contributed by atoms with Crippen LogP contribution in [0.15, 0.2) is 42.3 Å². The Bertz CT molecular complexity index is 672. The van der Waals surface area contributed by atoms with Crippen molar-refractivity contribution in [3.63, 3.8) is 0 Å². The lowest BCUT2D eigenvalue weighted by atomic mass is 10.2. The summed E-state index contributed by atoms with van der Waals surface area (Å²) in [6.07, 6.45) is 7.80. The molecule has 3 aromatic heterocycles. The highest BCUT2D eigenvalue weighted by molar-refractivity contribution is 7.09. The average Bonchev–Trinajstić information content (AvgIpc) is 3.10. The predicted molar refractivity (Wildman–Crippen MR) is 80.6 cm³/mol. The van der Waals surface area contributed by atoms with Crippen molar-refractivity contribution in [3.8, 4) is 11.5 Å². The number of thiazole rings is 1. The molecule has 0 atom stereocenters. The molecule has 0 aliphatic rings. The monoisotopic (exact) mass is 284 g/mol. The number of aryl methyl sites for hydroxylation is 3. The molecule has 0 bridgehead atoms. The smallest absolute Gasteiger partial charge is 0.158 e. The van der Waals surface area contributed by atoms with Crippen molar-refractivity contribution in [2.24, 2.45) is 0 Å². The standard InChI is InChI=1S/C15H16N4S/c1-12-14(20-11-18-12)6-4-9-19-10-8-17-15(19)13-5-2-3-7-16-13/h2-3,5,7-8,10-11H,4,6,9H2,1H3. The quantitative estimate of drug-likeness (QED) is 0.721. The van der Waals surface area contributed by atoms with Crippen molar-refractivity contribution in [3.05, 3.63) is 52.9 Å². The van der Waals surface area contributed by atoms with E-state index >= 15 is 0 Å². The summed E-state index contributed by atoms with van der Waals surface area (Å²) in [6, 6.07) is 5.90. The molecule has 20 heavy (non-hydrogen) atoms. The minimum atomic E-state index is 0.923. The maximum atomic E-state index is 4.41. The lowest BCUT2D eigenvalue weighted by molar-refractivity contribution is 0.648. The highest BCUT2D eigenvalue weighted by Crippen LogP contribution is 2.17. The molecular weight excluding hydrogens is 268 g/mol. The van der Waals surface area contributed by atoms with Crippen LogP contribution in [-0.4, -0.2) is 19.5 Å². The third-order valence-corrected chi connectivity index (χ3v) is 4.25. The van der Waals surface area contributed by atoms with Crippen molar-refractivity contribution in [1.82, 2.24) is 19.5 Å². The molecule has 0 N–H and O–H groups in total. The van der Waals surface area contributed by atoms with Gasteiger partial charge in [-0.25, -0.2) is 9.97 Å². The molecular formula is C15H16N4S. The van der Waals surface area contributed by atoms with E-state index in [1.165, 1.54) is 4.88 Å². The lowest BCUT2D eigenvalue weighted by Crippen LogP contribution is -2.02. The molecule has 0 saturated carbocycles. The summed E-state index contributed by atoms with van der Waals surface area (Å²) < 4.78 is 2.17. The van der Waals surface area contributed by atoms with Gasteiger partial charge in [-0.1, -0.05) is 6.07 Å². The number of hydrogen-bond donors (Lipinski definition) is 0. The van der Waals surface area contributed by atoms with E-state index in [4.69, 9.17) is 0 Å². The van der Waals surface area contributed by atoms with Gasteiger partial charge in [0, 0.05) is 30.0 Å². The van der Waals surface area contributed by atoms with Crippen LogP contribution in [0.5, 0.6) is 0 Å². The molecule has 0 aromatic carbocycles. The number of imidazole rings is 1. The minimum absolute atomic E-state index is 0.923. The van der Waals surface area contributed by atoms with Crippen LogP contribution in [0.1, 0.15) is 17.0 Å². The molecule has 0 amide bonds. The van der Waals surface area contributed by atoms with Gasteiger partial charge in [-0.3, -0.25) is 4.98 Å². The fourth-order valence-electron chi connectivity index (χ4n) is 2.19. The van der Waals surface area contributed by atoms with Crippen molar-refractivity contribution < 1.29 is 0 Å². The van der Waals surface area contributed by atoms with Gasteiger partial charge in [0.25, 0.3) is 0 Å². The van der Waals surface area contributed by atoms with Crippen molar-refractivity contribution in [2.75, 3.05) is 0 Å². The summed E-state index contributed by atoms with van der Waals surface area (Å²) in [6.45, 7) is 3.02. The second-order valence-electron chi connectivity index (χ2n) is 4.62. The first-order valence-electron chi connectivity index (χ1n) is 6.66. The van der Waals surface area contributed by atoms with E-state index in [-0.39, 0.29) is 0 Å². The summed E-state index contributed by atoms with van der Waals surface area (Å²) in [4.78, 5) is 14.4. The zero-order valence-electron chi connectivity index (χ0n) is 11.4. The highest BCUT2D eigenvalue weighted by atomic mass is 32.1. The Morgan fingerprint density at radius 2 is 2.10 bits per heavy atom. The van der Waals surface area contributed by atoms with E-state index < -0.39 is 0 Å². The molecule has 0 aliphatic heterocycles. The molecule has 0 aliphatic carbocycles. The van der Waals surface area contributed by atoms with Crippen LogP contribution in [0, 0.1) is 6.92 Å². The topological polar surface area (TPSA) is 43.6 Å². The largest absolute Gasteiger partial charge is 0.330 e.